The molecule has 0 aliphatic carbocycles. The van der Waals surface area contributed by atoms with Crippen molar-refractivity contribution in [1.82, 2.24) is 5.32 Å². The molecule has 3 amide bonds. The Morgan fingerprint density at radius 3 is 2.11 bits per heavy atom. The number of hydrogen-bond donors (Lipinski definition) is 3. The SMILES string of the molecule is COc1ccc(C(=O)NC(C(=O)Nc2ccc(CC(N)=O)cc2)C(C)C)cc1. The number of carbonyl (C=O) groups excluding carboxylic acids is 3. The maximum absolute atomic E-state index is 12.7. The van der Waals surface area contributed by atoms with Gasteiger partial charge in [-0.3, -0.25) is 14.4 Å². The largest absolute Gasteiger partial charge is 0.497 e. The topological polar surface area (TPSA) is 111 Å². The lowest BCUT2D eigenvalue weighted by Crippen LogP contribution is -2.47. The van der Waals surface area contributed by atoms with Gasteiger partial charge in [-0.25, -0.2) is 0 Å². The Kier molecular flexibility index (Phi) is 7.14. The molecule has 1 unspecified atom stereocenters. The predicted molar refractivity (Wildman–Crippen MR) is 107 cm³/mol. The first-order valence-corrected chi connectivity index (χ1v) is 8.93. The maximum atomic E-state index is 12.7. The Morgan fingerprint density at radius 2 is 1.61 bits per heavy atom. The van der Waals surface area contributed by atoms with E-state index in [9.17, 15) is 14.4 Å². The van der Waals surface area contributed by atoms with Gasteiger partial charge in [-0.1, -0.05) is 26.0 Å². The molecule has 0 fully saturated rings. The number of nitrogens with one attached hydrogen (secondary N) is 2. The van der Waals surface area contributed by atoms with Crippen LogP contribution in [0, 0.1) is 5.92 Å². The molecule has 0 aliphatic rings. The first kappa shape index (κ1) is 21.0. The third-order valence-electron chi connectivity index (χ3n) is 4.19. The highest BCUT2D eigenvalue weighted by molar-refractivity contribution is 6.01. The number of hydrogen-bond acceptors (Lipinski definition) is 4. The fourth-order valence-electron chi connectivity index (χ4n) is 2.63. The second kappa shape index (κ2) is 9.55. The van der Waals surface area contributed by atoms with Crippen LogP contribution in [-0.4, -0.2) is 30.9 Å². The van der Waals surface area contributed by atoms with E-state index in [-0.39, 0.29) is 24.2 Å². The second-order valence-corrected chi connectivity index (χ2v) is 6.75. The third kappa shape index (κ3) is 5.84. The van der Waals surface area contributed by atoms with E-state index in [1.807, 2.05) is 13.8 Å². The van der Waals surface area contributed by atoms with Crippen molar-refractivity contribution in [1.29, 1.82) is 0 Å². The molecule has 0 saturated carbocycles. The predicted octanol–water partition coefficient (Wildman–Crippen LogP) is 2.12. The summed E-state index contributed by atoms with van der Waals surface area (Å²) in [5.74, 6) is -0.545. The van der Waals surface area contributed by atoms with Gasteiger partial charge in [-0.2, -0.15) is 0 Å². The average Bonchev–Trinajstić information content (AvgIpc) is 2.66. The molecule has 0 bridgehead atoms. The molecule has 4 N–H and O–H groups in total. The average molecular weight is 383 g/mol. The van der Waals surface area contributed by atoms with E-state index in [0.717, 1.165) is 5.56 Å². The van der Waals surface area contributed by atoms with Gasteiger partial charge in [0.25, 0.3) is 5.91 Å². The minimum absolute atomic E-state index is 0.115. The lowest BCUT2D eigenvalue weighted by atomic mass is 10.0. The van der Waals surface area contributed by atoms with Crippen LogP contribution >= 0.6 is 0 Å². The Balaban J connectivity index is 2.04. The van der Waals surface area contributed by atoms with Gasteiger partial charge in [0.2, 0.25) is 11.8 Å². The van der Waals surface area contributed by atoms with E-state index < -0.39 is 11.9 Å². The molecule has 0 saturated heterocycles. The fraction of sp³-hybridized carbons (Fsp3) is 0.286. The molecule has 2 rings (SSSR count). The van der Waals surface area contributed by atoms with Crippen LogP contribution in [0.1, 0.15) is 29.8 Å². The van der Waals surface area contributed by atoms with Crippen LogP contribution in [0.15, 0.2) is 48.5 Å². The zero-order chi connectivity index (χ0) is 20.7. The monoisotopic (exact) mass is 383 g/mol. The third-order valence-corrected chi connectivity index (χ3v) is 4.19. The Morgan fingerprint density at radius 1 is 1.00 bits per heavy atom. The Labute approximate surface area is 164 Å². The molecule has 28 heavy (non-hydrogen) atoms. The number of benzene rings is 2. The number of amides is 3. The summed E-state index contributed by atoms with van der Waals surface area (Å²) in [6, 6.07) is 12.8. The smallest absolute Gasteiger partial charge is 0.251 e. The zero-order valence-electron chi connectivity index (χ0n) is 16.2. The summed E-state index contributed by atoms with van der Waals surface area (Å²) >= 11 is 0. The standard InChI is InChI=1S/C21H25N3O4/c1-13(2)19(24-20(26)15-6-10-17(28-3)11-7-15)21(27)23-16-8-4-14(5-9-16)12-18(22)25/h4-11,13,19H,12H2,1-3H3,(H2,22,25)(H,23,27)(H,24,26). The van der Waals surface area contributed by atoms with E-state index in [1.165, 1.54) is 0 Å². The fourth-order valence-corrected chi connectivity index (χ4v) is 2.63. The van der Waals surface area contributed by atoms with Gasteiger partial charge >= 0.3 is 0 Å². The molecule has 1 atom stereocenters. The Hall–Kier alpha value is -3.35. The van der Waals surface area contributed by atoms with Crippen molar-refractivity contribution in [3.63, 3.8) is 0 Å². The molecule has 2 aromatic carbocycles. The minimum atomic E-state index is -0.708. The van der Waals surface area contributed by atoms with Gasteiger partial charge in [0.1, 0.15) is 11.8 Å². The molecule has 0 heterocycles. The van der Waals surface area contributed by atoms with Gasteiger partial charge in [-0.15, -0.1) is 0 Å². The highest BCUT2D eigenvalue weighted by Gasteiger charge is 2.24. The van der Waals surface area contributed by atoms with Crippen LogP contribution in [-0.2, 0) is 16.0 Å². The van der Waals surface area contributed by atoms with Crippen molar-refractivity contribution in [2.24, 2.45) is 11.7 Å². The van der Waals surface area contributed by atoms with Gasteiger partial charge in [0, 0.05) is 11.3 Å². The molecule has 2 aromatic rings. The van der Waals surface area contributed by atoms with Crippen molar-refractivity contribution >= 4 is 23.4 Å². The van der Waals surface area contributed by atoms with Crippen LogP contribution in [0.4, 0.5) is 5.69 Å². The summed E-state index contributed by atoms with van der Waals surface area (Å²) in [5, 5.41) is 5.56. The van der Waals surface area contributed by atoms with Crippen molar-refractivity contribution in [2.75, 3.05) is 12.4 Å². The highest BCUT2D eigenvalue weighted by Crippen LogP contribution is 2.14. The molecule has 0 aliphatic heterocycles. The molecular weight excluding hydrogens is 358 g/mol. The lowest BCUT2D eigenvalue weighted by Gasteiger charge is -2.22. The second-order valence-electron chi connectivity index (χ2n) is 6.75. The van der Waals surface area contributed by atoms with Crippen molar-refractivity contribution in [3.8, 4) is 5.75 Å². The van der Waals surface area contributed by atoms with E-state index in [2.05, 4.69) is 10.6 Å². The number of rotatable bonds is 8. The van der Waals surface area contributed by atoms with E-state index in [1.54, 1.807) is 55.6 Å². The molecular formula is C21H25N3O4. The summed E-state index contributed by atoms with van der Waals surface area (Å²) in [5.41, 5.74) is 6.95. The summed E-state index contributed by atoms with van der Waals surface area (Å²) in [4.78, 5) is 36.1. The first-order chi connectivity index (χ1) is 13.3. The zero-order valence-corrected chi connectivity index (χ0v) is 16.2. The summed E-state index contributed by atoms with van der Waals surface area (Å²) in [6.07, 6.45) is 0.140. The van der Waals surface area contributed by atoms with Crippen molar-refractivity contribution in [3.05, 3.63) is 59.7 Å². The number of primary amides is 1. The highest BCUT2D eigenvalue weighted by atomic mass is 16.5. The quantitative estimate of drug-likeness (QED) is 0.648. The number of nitrogens with two attached hydrogens (primary N) is 1. The summed E-state index contributed by atoms with van der Waals surface area (Å²) < 4.78 is 5.08. The number of anilines is 1. The van der Waals surface area contributed by atoms with E-state index in [0.29, 0.717) is 17.0 Å². The van der Waals surface area contributed by atoms with E-state index in [4.69, 9.17) is 10.5 Å². The van der Waals surface area contributed by atoms with Crippen LogP contribution < -0.4 is 21.1 Å². The summed E-state index contributed by atoms with van der Waals surface area (Å²) in [6.45, 7) is 3.71. The molecule has 7 heteroatoms. The van der Waals surface area contributed by atoms with Crippen LogP contribution in [0.25, 0.3) is 0 Å². The molecule has 0 radical (unpaired) electrons. The van der Waals surface area contributed by atoms with Crippen LogP contribution in [0.2, 0.25) is 0 Å². The lowest BCUT2D eigenvalue weighted by molar-refractivity contribution is -0.119. The van der Waals surface area contributed by atoms with Crippen LogP contribution in [0.3, 0.4) is 0 Å². The molecule has 0 aromatic heterocycles. The first-order valence-electron chi connectivity index (χ1n) is 8.93. The normalized spacial score (nSPS) is 11.6. The minimum Gasteiger partial charge on any atom is -0.497 e. The van der Waals surface area contributed by atoms with Gasteiger partial charge in [-0.05, 0) is 47.9 Å². The molecule has 148 valence electrons. The van der Waals surface area contributed by atoms with Gasteiger partial charge in [0.05, 0.1) is 13.5 Å². The maximum Gasteiger partial charge on any atom is 0.251 e. The Bertz CT molecular complexity index is 830. The van der Waals surface area contributed by atoms with E-state index >= 15 is 0 Å². The number of methoxy groups -OCH3 is 1. The van der Waals surface area contributed by atoms with Crippen LogP contribution in [0.5, 0.6) is 5.75 Å². The number of ether oxygens (including phenoxy) is 1. The van der Waals surface area contributed by atoms with Crippen molar-refractivity contribution < 1.29 is 19.1 Å². The molecule has 0 spiro atoms. The summed E-state index contributed by atoms with van der Waals surface area (Å²) in [7, 11) is 1.55. The number of carbonyl (C=O) groups is 3. The van der Waals surface area contributed by atoms with Gasteiger partial charge < -0.3 is 21.1 Å². The van der Waals surface area contributed by atoms with Crippen molar-refractivity contribution in [2.45, 2.75) is 26.3 Å². The molecule has 7 nitrogen and oxygen atoms in total. The van der Waals surface area contributed by atoms with Gasteiger partial charge in [0.15, 0.2) is 0 Å².